The molecule has 1 aliphatic rings. The van der Waals surface area contributed by atoms with Crippen molar-refractivity contribution in [2.45, 2.75) is 19.8 Å². The molecule has 0 unspecified atom stereocenters. The van der Waals surface area contributed by atoms with Gasteiger partial charge in [-0.05, 0) is 24.6 Å². The summed E-state index contributed by atoms with van der Waals surface area (Å²) in [7, 11) is 0. The van der Waals surface area contributed by atoms with Crippen LogP contribution in [0.4, 0.5) is 18.9 Å². The molecule has 1 amide bonds. The maximum absolute atomic E-state index is 12.8. The number of halogens is 3. The number of ether oxygens (including phenoxy) is 1. The molecule has 1 saturated heterocycles. The Labute approximate surface area is 170 Å². The maximum atomic E-state index is 12.8. The van der Waals surface area contributed by atoms with Crippen molar-refractivity contribution in [2.24, 2.45) is 0 Å². The minimum absolute atomic E-state index is 0.206. The number of piperazine rings is 1. The summed E-state index contributed by atoms with van der Waals surface area (Å²) < 4.78 is 40.5. The summed E-state index contributed by atoms with van der Waals surface area (Å²) in [6.45, 7) is 4.12. The maximum Gasteiger partial charge on any atom is 0.573 e. The molecule has 0 radical (unpaired) electrons. The van der Waals surface area contributed by atoms with Gasteiger partial charge in [0.05, 0.1) is 16.2 Å². The van der Waals surface area contributed by atoms with E-state index in [1.165, 1.54) is 18.2 Å². The molecule has 2 aromatic rings. The number of nitrogens with zero attached hydrogens (tertiary/aromatic N) is 4. The van der Waals surface area contributed by atoms with Gasteiger partial charge in [0, 0.05) is 38.8 Å². The normalized spacial score (nSPS) is 15.1. The Morgan fingerprint density at radius 3 is 2.40 bits per heavy atom. The van der Waals surface area contributed by atoms with Gasteiger partial charge in [-0.3, -0.25) is 24.8 Å². The second kappa shape index (κ2) is 8.66. The molecular weight excluding hydrogens is 405 g/mol. The van der Waals surface area contributed by atoms with Crippen molar-refractivity contribution in [1.82, 2.24) is 14.8 Å². The zero-order valence-corrected chi connectivity index (χ0v) is 16.1. The molecular formula is C19H19F3N4O4. The highest BCUT2D eigenvalue weighted by molar-refractivity contribution is 5.95. The SMILES string of the molecule is Cc1ncc([N+](=O)[O-])cc1C(=O)N1CCN(Cc2ccc(OC(F)(F)F)cc2)CC1. The van der Waals surface area contributed by atoms with Crippen LogP contribution in [0.5, 0.6) is 5.75 Å². The van der Waals surface area contributed by atoms with Crippen molar-refractivity contribution in [3.8, 4) is 5.75 Å². The summed E-state index contributed by atoms with van der Waals surface area (Å²) in [4.78, 5) is 30.7. The van der Waals surface area contributed by atoms with E-state index < -0.39 is 11.3 Å². The lowest BCUT2D eigenvalue weighted by Gasteiger charge is -2.35. The van der Waals surface area contributed by atoms with Gasteiger partial charge in [0.15, 0.2) is 0 Å². The van der Waals surface area contributed by atoms with Crippen LogP contribution in [0.2, 0.25) is 0 Å². The van der Waals surface area contributed by atoms with Crippen LogP contribution in [-0.4, -0.2) is 58.2 Å². The Morgan fingerprint density at radius 2 is 1.83 bits per heavy atom. The van der Waals surface area contributed by atoms with Crippen molar-refractivity contribution in [1.29, 1.82) is 0 Å². The van der Waals surface area contributed by atoms with E-state index >= 15 is 0 Å². The number of carbonyl (C=O) groups is 1. The van der Waals surface area contributed by atoms with Crippen molar-refractivity contribution in [3.63, 3.8) is 0 Å². The van der Waals surface area contributed by atoms with Crippen LogP contribution in [-0.2, 0) is 6.54 Å². The Balaban J connectivity index is 1.57. The summed E-state index contributed by atoms with van der Waals surface area (Å²) in [5.41, 5.74) is 1.22. The van der Waals surface area contributed by atoms with Gasteiger partial charge in [-0.2, -0.15) is 0 Å². The highest BCUT2D eigenvalue weighted by atomic mass is 19.4. The molecule has 0 spiro atoms. The minimum atomic E-state index is -4.72. The van der Waals surface area contributed by atoms with Crippen molar-refractivity contribution < 1.29 is 27.6 Å². The Kier molecular flexibility index (Phi) is 6.20. The summed E-state index contributed by atoms with van der Waals surface area (Å²) in [5.74, 6) is -0.584. The van der Waals surface area contributed by atoms with Crippen molar-refractivity contribution >= 4 is 11.6 Å². The number of alkyl halides is 3. The van der Waals surface area contributed by atoms with Crippen molar-refractivity contribution in [3.05, 3.63) is 63.5 Å². The first-order chi connectivity index (χ1) is 14.1. The lowest BCUT2D eigenvalue weighted by Crippen LogP contribution is -2.48. The molecule has 2 heterocycles. The van der Waals surface area contributed by atoms with Gasteiger partial charge in [-0.25, -0.2) is 0 Å². The minimum Gasteiger partial charge on any atom is -0.406 e. The molecule has 0 atom stereocenters. The number of rotatable bonds is 5. The molecule has 1 fully saturated rings. The van der Waals surface area contributed by atoms with E-state index in [0.717, 1.165) is 11.8 Å². The highest BCUT2D eigenvalue weighted by Gasteiger charge is 2.31. The molecule has 0 bridgehead atoms. The molecule has 30 heavy (non-hydrogen) atoms. The fourth-order valence-corrected chi connectivity index (χ4v) is 3.17. The summed E-state index contributed by atoms with van der Waals surface area (Å²) in [6, 6.07) is 6.90. The molecule has 0 saturated carbocycles. The predicted octanol–water partition coefficient (Wildman–Crippen LogP) is 3.15. The predicted molar refractivity (Wildman–Crippen MR) is 99.9 cm³/mol. The molecule has 0 aliphatic carbocycles. The first kappa shape index (κ1) is 21.5. The van der Waals surface area contributed by atoms with E-state index in [1.54, 1.807) is 24.0 Å². The van der Waals surface area contributed by atoms with Crippen LogP contribution in [0.3, 0.4) is 0 Å². The average molecular weight is 424 g/mol. The van der Waals surface area contributed by atoms with Crippen LogP contribution in [0, 0.1) is 17.0 Å². The standard InChI is InChI=1S/C19H19F3N4O4/c1-13-17(10-15(11-23-13)26(28)29)18(27)25-8-6-24(7-9-25)12-14-2-4-16(5-3-14)30-19(20,21)22/h2-5,10-11H,6-9,12H2,1H3. The zero-order valence-electron chi connectivity index (χ0n) is 16.1. The molecule has 1 aromatic heterocycles. The van der Waals surface area contributed by atoms with Gasteiger partial charge in [0.1, 0.15) is 11.9 Å². The first-order valence-corrected chi connectivity index (χ1v) is 9.10. The number of pyridine rings is 1. The monoisotopic (exact) mass is 424 g/mol. The summed E-state index contributed by atoms with van der Waals surface area (Å²) in [5, 5.41) is 10.9. The number of hydrogen-bond donors (Lipinski definition) is 0. The van der Waals surface area contributed by atoms with E-state index in [2.05, 4.69) is 14.6 Å². The third kappa shape index (κ3) is 5.44. The van der Waals surface area contributed by atoms with Crippen LogP contribution in [0.1, 0.15) is 21.6 Å². The van der Waals surface area contributed by atoms with E-state index in [4.69, 9.17) is 0 Å². The van der Waals surface area contributed by atoms with Gasteiger partial charge in [0.2, 0.25) is 0 Å². The van der Waals surface area contributed by atoms with Gasteiger partial charge < -0.3 is 9.64 Å². The Hall–Kier alpha value is -3.21. The lowest BCUT2D eigenvalue weighted by atomic mass is 10.1. The van der Waals surface area contributed by atoms with Crippen molar-refractivity contribution in [2.75, 3.05) is 26.2 Å². The number of nitro groups is 1. The molecule has 160 valence electrons. The summed E-state index contributed by atoms with van der Waals surface area (Å²) in [6.07, 6.45) is -3.60. The first-order valence-electron chi connectivity index (χ1n) is 9.10. The van der Waals surface area contributed by atoms with Crippen LogP contribution in [0.15, 0.2) is 36.5 Å². The number of benzene rings is 1. The highest BCUT2D eigenvalue weighted by Crippen LogP contribution is 2.23. The van der Waals surface area contributed by atoms with Crippen LogP contribution < -0.4 is 4.74 Å². The average Bonchev–Trinajstić information content (AvgIpc) is 2.68. The fourth-order valence-electron chi connectivity index (χ4n) is 3.17. The van der Waals surface area contributed by atoms with Crippen LogP contribution in [0.25, 0.3) is 0 Å². The number of aryl methyl sites for hydroxylation is 1. The Bertz CT molecular complexity index is 926. The second-order valence-electron chi connectivity index (χ2n) is 6.84. The number of hydrogen-bond acceptors (Lipinski definition) is 6. The molecule has 11 heteroatoms. The molecule has 1 aliphatic heterocycles. The summed E-state index contributed by atoms with van der Waals surface area (Å²) >= 11 is 0. The third-order valence-corrected chi connectivity index (χ3v) is 4.74. The van der Waals surface area contributed by atoms with E-state index in [9.17, 15) is 28.1 Å². The van der Waals surface area contributed by atoms with Gasteiger partial charge >= 0.3 is 6.36 Å². The lowest BCUT2D eigenvalue weighted by molar-refractivity contribution is -0.385. The quantitative estimate of drug-likeness (QED) is 0.541. The Morgan fingerprint density at radius 1 is 1.20 bits per heavy atom. The van der Waals surface area contributed by atoms with Gasteiger partial charge in [-0.15, -0.1) is 13.2 Å². The zero-order chi connectivity index (χ0) is 21.9. The second-order valence-corrected chi connectivity index (χ2v) is 6.84. The third-order valence-electron chi connectivity index (χ3n) is 4.74. The van der Waals surface area contributed by atoms with E-state index in [-0.39, 0.29) is 22.9 Å². The largest absolute Gasteiger partial charge is 0.573 e. The molecule has 8 nitrogen and oxygen atoms in total. The number of amides is 1. The molecule has 3 rings (SSSR count). The van der Waals surface area contributed by atoms with E-state index in [1.807, 2.05) is 0 Å². The van der Waals surface area contributed by atoms with E-state index in [0.29, 0.717) is 38.4 Å². The van der Waals surface area contributed by atoms with Gasteiger partial charge in [0.25, 0.3) is 11.6 Å². The smallest absolute Gasteiger partial charge is 0.406 e. The topological polar surface area (TPSA) is 88.8 Å². The number of carbonyl (C=O) groups excluding carboxylic acids is 1. The van der Waals surface area contributed by atoms with Crippen LogP contribution >= 0.6 is 0 Å². The fraction of sp³-hybridized carbons (Fsp3) is 0.368. The number of aromatic nitrogens is 1. The molecule has 0 N–H and O–H groups in total. The van der Waals surface area contributed by atoms with Gasteiger partial charge in [-0.1, -0.05) is 12.1 Å². The molecule has 1 aromatic carbocycles.